The molecule has 2 rings (SSSR count). The predicted molar refractivity (Wildman–Crippen MR) is 70.0 cm³/mol. The molecule has 1 aliphatic rings. The monoisotopic (exact) mass is 232 g/mol. The van der Waals surface area contributed by atoms with Gasteiger partial charge in [0, 0.05) is 5.56 Å². The van der Waals surface area contributed by atoms with E-state index in [2.05, 4.69) is 18.2 Å². The van der Waals surface area contributed by atoms with Crippen molar-refractivity contribution < 1.29 is 9.84 Å². The van der Waals surface area contributed by atoms with Crippen LogP contribution in [0.1, 0.15) is 31.2 Å². The molecule has 17 heavy (non-hydrogen) atoms. The quantitative estimate of drug-likeness (QED) is 0.866. The molecule has 1 aromatic carbocycles. The third-order valence-electron chi connectivity index (χ3n) is 3.37. The molecule has 92 valence electrons. The molecule has 2 atom stereocenters. The van der Waals surface area contributed by atoms with E-state index in [9.17, 15) is 5.11 Å². The molecule has 0 aliphatic heterocycles. The normalized spacial score (nSPS) is 25.1. The summed E-state index contributed by atoms with van der Waals surface area (Å²) in [4.78, 5) is 0. The van der Waals surface area contributed by atoms with Gasteiger partial charge in [0.2, 0.25) is 0 Å². The van der Waals surface area contributed by atoms with Crippen molar-refractivity contribution in [3.05, 3.63) is 35.9 Å². The first-order valence-electron chi connectivity index (χ1n) is 6.29. The molecular weight excluding hydrogens is 212 g/mol. The second-order valence-electron chi connectivity index (χ2n) is 4.68. The van der Waals surface area contributed by atoms with Gasteiger partial charge in [-0.3, -0.25) is 0 Å². The number of hydrogen-bond donors (Lipinski definition) is 1. The lowest BCUT2D eigenvalue weighted by Gasteiger charge is -2.23. The van der Waals surface area contributed by atoms with Crippen LogP contribution in [-0.2, 0) is 0 Å². The molecule has 0 aromatic heterocycles. The van der Waals surface area contributed by atoms with Gasteiger partial charge in [-0.25, -0.2) is 0 Å². The van der Waals surface area contributed by atoms with Crippen LogP contribution < -0.4 is 4.74 Å². The van der Waals surface area contributed by atoms with Gasteiger partial charge in [0.05, 0.1) is 13.2 Å². The summed E-state index contributed by atoms with van der Waals surface area (Å²) in [6.07, 6.45) is 8.37. The van der Waals surface area contributed by atoms with Crippen LogP contribution in [0.4, 0.5) is 0 Å². The maximum atomic E-state index is 9.62. The highest BCUT2D eigenvalue weighted by Gasteiger charge is 2.17. The molecule has 0 amide bonds. The molecule has 0 saturated heterocycles. The highest BCUT2D eigenvalue weighted by Crippen LogP contribution is 2.27. The smallest absolute Gasteiger partial charge is 0.126 e. The first-order chi connectivity index (χ1) is 8.29. The lowest BCUT2D eigenvalue weighted by Crippen LogP contribution is -2.17. The Morgan fingerprint density at radius 1 is 1.29 bits per heavy atom. The van der Waals surface area contributed by atoms with Crippen LogP contribution in [0.25, 0.3) is 6.08 Å². The summed E-state index contributed by atoms with van der Waals surface area (Å²) < 4.78 is 5.31. The number of rotatable bonds is 3. The summed E-state index contributed by atoms with van der Waals surface area (Å²) in [5.41, 5.74) is 1.11. The van der Waals surface area contributed by atoms with Crippen molar-refractivity contribution in [2.24, 2.45) is 5.92 Å². The Balaban J connectivity index is 2.04. The van der Waals surface area contributed by atoms with E-state index in [-0.39, 0.29) is 6.10 Å². The topological polar surface area (TPSA) is 29.5 Å². The number of hydrogen-bond acceptors (Lipinski definition) is 2. The Kier molecular flexibility index (Phi) is 4.21. The summed E-state index contributed by atoms with van der Waals surface area (Å²) in [6, 6.07) is 8.00. The van der Waals surface area contributed by atoms with Gasteiger partial charge < -0.3 is 9.84 Å². The molecule has 0 heterocycles. The Bertz CT molecular complexity index is 384. The Hall–Kier alpha value is -1.28. The van der Waals surface area contributed by atoms with Crippen molar-refractivity contribution in [1.29, 1.82) is 0 Å². The van der Waals surface area contributed by atoms with E-state index >= 15 is 0 Å². The third kappa shape index (κ3) is 3.34. The highest BCUT2D eigenvalue weighted by molar-refractivity contribution is 5.57. The molecular formula is C15H20O2. The molecule has 0 unspecified atom stereocenters. The predicted octanol–water partition coefficient (Wildman–Crippen LogP) is 3.26. The highest BCUT2D eigenvalue weighted by atomic mass is 16.5. The van der Waals surface area contributed by atoms with Crippen LogP contribution in [-0.4, -0.2) is 18.3 Å². The van der Waals surface area contributed by atoms with E-state index in [0.29, 0.717) is 5.92 Å². The fourth-order valence-electron chi connectivity index (χ4n) is 2.42. The fourth-order valence-corrected chi connectivity index (χ4v) is 2.42. The molecule has 1 saturated carbocycles. The number of benzene rings is 1. The number of allylic oxidation sites excluding steroid dienone is 1. The maximum absolute atomic E-state index is 9.62. The summed E-state index contributed by atoms with van der Waals surface area (Å²) in [7, 11) is 1.69. The van der Waals surface area contributed by atoms with Gasteiger partial charge in [-0.2, -0.15) is 0 Å². The van der Waals surface area contributed by atoms with E-state index in [0.717, 1.165) is 30.6 Å². The molecule has 1 aliphatic carbocycles. The molecule has 2 nitrogen and oxygen atoms in total. The van der Waals surface area contributed by atoms with E-state index in [1.165, 1.54) is 6.42 Å². The summed E-state index contributed by atoms with van der Waals surface area (Å²) in [5.74, 6) is 1.41. The lowest BCUT2D eigenvalue weighted by atomic mass is 9.87. The Labute approximate surface area is 103 Å². The lowest BCUT2D eigenvalue weighted by molar-refractivity contribution is 0.113. The van der Waals surface area contributed by atoms with Crippen LogP contribution in [0.3, 0.4) is 0 Å². The van der Waals surface area contributed by atoms with Crippen LogP contribution in [0.2, 0.25) is 0 Å². The zero-order valence-corrected chi connectivity index (χ0v) is 10.3. The number of aliphatic hydroxyl groups excluding tert-OH is 1. The van der Waals surface area contributed by atoms with Crippen molar-refractivity contribution in [3.63, 3.8) is 0 Å². The number of aliphatic hydroxyl groups is 1. The fraction of sp³-hybridized carbons (Fsp3) is 0.467. The van der Waals surface area contributed by atoms with Gasteiger partial charge in [-0.05, 0) is 31.2 Å². The SMILES string of the molecule is COc1ccccc1/C=C/[C@H]1CCC[C@H](O)C1. The number of para-hydroxylation sites is 1. The first kappa shape index (κ1) is 12.2. The number of methoxy groups -OCH3 is 1. The van der Waals surface area contributed by atoms with Crippen molar-refractivity contribution in [1.82, 2.24) is 0 Å². The van der Waals surface area contributed by atoms with Gasteiger partial charge >= 0.3 is 0 Å². The van der Waals surface area contributed by atoms with E-state index in [1.807, 2.05) is 18.2 Å². The summed E-state index contributed by atoms with van der Waals surface area (Å²) >= 11 is 0. The molecule has 0 bridgehead atoms. The summed E-state index contributed by atoms with van der Waals surface area (Å²) in [6.45, 7) is 0. The second-order valence-corrected chi connectivity index (χ2v) is 4.68. The van der Waals surface area contributed by atoms with Crippen LogP contribution in [0.5, 0.6) is 5.75 Å². The van der Waals surface area contributed by atoms with E-state index in [1.54, 1.807) is 7.11 Å². The minimum Gasteiger partial charge on any atom is -0.496 e. The summed E-state index contributed by atoms with van der Waals surface area (Å²) in [5, 5.41) is 9.62. The molecule has 1 N–H and O–H groups in total. The van der Waals surface area contributed by atoms with Crippen molar-refractivity contribution in [2.75, 3.05) is 7.11 Å². The van der Waals surface area contributed by atoms with Crippen LogP contribution >= 0.6 is 0 Å². The number of ether oxygens (including phenoxy) is 1. The average molecular weight is 232 g/mol. The molecule has 1 fully saturated rings. The van der Waals surface area contributed by atoms with E-state index < -0.39 is 0 Å². The molecule has 0 spiro atoms. The van der Waals surface area contributed by atoms with Crippen LogP contribution in [0.15, 0.2) is 30.3 Å². The largest absolute Gasteiger partial charge is 0.496 e. The maximum Gasteiger partial charge on any atom is 0.126 e. The van der Waals surface area contributed by atoms with E-state index in [4.69, 9.17) is 4.74 Å². The zero-order valence-electron chi connectivity index (χ0n) is 10.3. The van der Waals surface area contributed by atoms with Gasteiger partial charge in [0.15, 0.2) is 0 Å². The molecule has 0 radical (unpaired) electrons. The van der Waals surface area contributed by atoms with Gasteiger partial charge in [0.25, 0.3) is 0 Å². The van der Waals surface area contributed by atoms with Gasteiger partial charge in [-0.1, -0.05) is 36.8 Å². The third-order valence-corrected chi connectivity index (χ3v) is 3.37. The average Bonchev–Trinajstić information content (AvgIpc) is 2.37. The zero-order chi connectivity index (χ0) is 12.1. The van der Waals surface area contributed by atoms with Crippen molar-refractivity contribution >= 4 is 6.08 Å². The van der Waals surface area contributed by atoms with Gasteiger partial charge in [0.1, 0.15) is 5.75 Å². The second kappa shape index (κ2) is 5.87. The van der Waals surface area contributed by atoms with Gasteiger partial charge in [-0.15, -0.1) is 0 Å². The minimum absolute atomic E-state index is 0.115. The van der Waals surface area contributed by atoms with Crippen molar-refractivity contribution in [2.45, 2.75) is 31.8 Å². The minimum atomic E-state index is -0.115. The standard InChI is InChI=1S/C15H20O2/c1-17-15-8-3-2-6-13(15)10-9-12-5-4-7-14(16)11-12/h2-3,6,8-10,12,14,16H,4-5,7,11H2,1H3/b10-9+/t12-,14+/m1/s1. The Morgan fingerprint density at radius 3 is 2.88 bits per heavy atom. The Morgan fingerprint density at radius 2 is 2.12 bits per heavy atom. The molecule has 2 heteroatoms. The molecule has 1 aromatic rings. The first-order valence-corrected chi connectivity index (χ1v) is 6.29. The van der Waals surface area contributed by atoms with Crippen molar-refractivity contribution in [3.8, 4) is 5.75 Å². The van der Waals surface area contributed by atoms with Crippen LogP contribution in [0, 0.1) is 5.92 Å².